The summed E-state index contributed by atoms with van der Waals surface area (Å²) in [6, 6.07) is 6.11. The van der Waals surface area contributed by atoms with Gasteiger partial charge >= 0.3 is 0 Å². The maximum absolute atomic E-state index is 12.1. The van der Waals surface area contributed by atoms with E-state index < -0.39 is 10.8 Å². The number of hydrogen-bond donors (Lipinski definition) is 2. The van der Waals surface area contributed by atoms with Crippen LogP contribution in [0.1, 0.15) is 10.4 Å². The van der Waals surface area contributed by atoms with Gasteiger partial charge in [0.25, 0.3) is 11.6 Å². The minimum atomic E-state index is -0.568. The number of nitrogens with zero attached hydrogens (tertiary/aromatic N) is 3. The lowest BCUT2D eigenvalue weighted by molar-refractivity contribution is -0.385. The van der Waals surface area contributed by atoms with Crippen LogP contribution in [0.15, 0.2) is 36.7 Å². The van der Waals surface area contributed by atoms with Crippen molar-refractivity contribution in [2.45, 2.75) is 6.54 Å². The standard InChI is InChI=1S/C13H15N5O3/c1-14-10-3-4-12(18(20)21)11(9-10)13(19)15-6-8-17-7-2-5-16-17/h2-5,7,9,14H,6,8H2,1H3,(H,15,19). The number of nitro benzene ring substituents is 1. The fraction of sp³-hybridized carbons (Fsp3) is 0.231. The van der Waals surface area contributed by atoms with E-state index in [1.807, 2.05) is 0 Å². The summed E-state index contributed by atoms with van der Waals surface area (Å²) in [5.41, 5.74) is 0.454. The summed E-state index contributed by atoms with van der Waals surface area (Å²) in [5.74, 6) is -0.481. The molecule has 1 amide bonds. The zero-order valence-corrected chi connectivity index (χ0v) is 11.4. The van der Waals surface area contributed by atoms with Crippen LogP contribution >= 0.6 is 0 Å². The second-order valence-corrected chi connectivity index (χ2v) is 4.26. The first-order chi connectivity index (χ1) is 10.1. The van der Waals surface area contributed by atoms with Crippen LogP contribution in [-0.4, -0.2) is 34.2 Å². The summed E-state index contributed by atoms with van der Waals surface area (Å²) >= 11 is 0. The smallest absolute Gasteiger partial charge is 0.282 e. The van der Waals surface area contributed by atoms with Crippen LogP contribution in [0.3, 0.4) is 0 Å². The minimum Gasteiger partial charge on any atom is -0.388 e. The number of nitro groups is 1. The summed E-state index contributed by atoms with van der Waals surface area (Å²) in [7, 11) is 1.68. The molecule has 110 valence electrons. The number of rotatable bonds is 6. The van der Waals surface area contributed by atoms with Crippen LogP contribution in [0.25, 0.3) is 0 Å². The molecule has 0 radical (unpaired) electrons. The fourth-order valence-corrected chi connectivity index (χ4v) is 1.84. The lowest BCUT2D eigenvalue weighted by atomic mass is 10.1. The third kappa shape index (κ3) is 3.56. The quantitative estimate of drug-likeness (QED) is 0.615. The van der Waals surface area contributed by atoms with Gasteiger partial charge in [0.15, 0.2) is 0 Å². The number of benzene rings is 1. The van der Waals surface area contributed by atoms with Gasteiger partial charge in [0, 0.05) is 37.7 Å². The molecule has 0 aliphatic heterocycles. The van der Waals surface area contributed by atoms with E-state index in [0.29, 0.717) is 18.8 Å². The largest absolute Gasteiger partial charge is 0.388 e. The molecule has 0 bridgehead atoms. The first kappa shape index (κ1) is 14.5. The average Bonchev–Trinajstić information content (AvgIpc) is 2.99. The van der Waals surface area contributed by atoms with Gasteiger partial charge in [0.1, 0.15) is 5.56 Å². The Morgan fingerprint density at radius 2 is 2.29 bits per heavy atom. The van der Waals surface area contributed by atoms with Gasteiger partial charge in [-0.1, -0.05) is 0 Å². The SMILES string of the molecule is CNc1ccc([N+](=O)[O-])c(C(=O)NCCn2cccn2)c1. The van der Waals surface area contributed by atoms with Crippen LogP contribution in [0.2, 0.25) is 0 Å². The van der Waals surface area contributed by atoms with Crippen LogP contribution in [0.5, 0.6) is 0 Å². The number of hydrogen-bond acceptors (Lipinski definition) is 5. The predicted molar refractivity (Wildman–Crippen MR) is 77.2 cm³/mol. The monoisotopic (exact) mass is 289 g/mol. The van der Waals surface area contributed by atoms with Gasteiger partial charge in [-0.25, -0.2) is 0 Å². The molecule has 8 heteroatoms. The van der Waals surface area contributed by atoms with E-state index in [1.54, 1.807) is 36.3 Å². The molecule has 0 saturated heterocycles. The molecule has 0 fully saturated rings. The van der Waals surface area contributed by atoms with Crippen molar-refractivity contribution in [2.24, 2.45) is 0 Å². The summed E-state index contributed by atoms with van der Waals surface area (Å²) < 4.78 is 1.67. The molecule has 2 rings (SSSR count). The van der Waals surface area contributed by atoms with E-state index in [2.05, 4.69) is 15.7 Å². The van der Waals surface area contributed by atoms with Gasteiger partial charge < -0.3 is 10.6 Å². The molecule has 8 nitrogen and oxygen atoms in total. The van der Waals surface area contributed by atoms with Crippen molar-refractivity contribution in [3.8, 4) is 0 Å². The third-order valence-electron chi connectivity index (χ3n) is 2.91. The van der Waals surface area contributed by atoms with Gasteiger partial charge in [-0.3, -0.25) is 19.6 Å². The third-order valence-corrected chi connectivity index (χ3v) is 2.91. The first-order valence-corrected chi connectivity index (χ1v) is 6.33. The van der Waals surface area contributed by atoms with Crippen LogP contribution in [-0.2, 0) is 6.54 Å². The lowest BCUT2D eigenvalue weighted by Gasteiger charge is -2.08. The molecule has 1 aromatic heterocycles. The number of anilines is 1. The predicted octanol–water partition coefficient (Wildman–Crippen LogP) is 1.26. The van der Waals surface area contributed by atoms with E-state index >= 15 is 0 Å². The molecular weight excluding hydrogens is 274 g/mol. The Morgan fingerprint density at radius 1 is 1.48 bits per heavy atom. The van der Waals surface area contributed by atoms with Crippen LogP contribution < -0.4 is 10.6 Å². The summed E-state index contributed by atoms with van der Waals surface area (Å²) in [6.07, 6.45) is 3.42. The zero-order chi connectivity index (χ0) is 15.2. The van der Waals surface area contributed by atoms with Crippen molar-refractivity contribution in [3.63, 3.8) is 0 Å². The topological polar surface area (TPSA) is 102 Å². The van der Waals surface area contributed by atoms with Crippen molar-refractivity contribution in [1.82, 2.24) is 15.1 Å². The Bertz CT molecular complexity index is 639. The number of aromatic nitrogens is 2. The molecule has 1 aromatic carbocycles. The molecular formula is C13H15N5O3. The molecule has 0 aliphatic carbocycles. The van der Waals surface area contributed by atoms with E-state index in [1.165, 1.54) is 12.1 Å². The molecule has 2 aromatic rings. The molecule has 0 aliphatic rings. The highest BCUT2D eigenvalue weighted by atomic mass is 16.6. The number of amides is 1. The zero-order valence-electron chi connectivity index (χ0n) is 11.4. The van der Waals surface area contributed by atoms with Crippen molar-refractivity contribution in [3.05, 3.63) is 52.3 Å². The second kappa shape index (κ2) is 6.51. The van der Waals surface area contributed by atoms with E-state index in [9.17, 15) is 14.9 Å². The number of carbonyl (C=O) groups excluding carboxylic acids is 1. The molecule has 0 saturated carbocycles. The average molecular weight is 289 g/mol. The molecule has 2 N–H and O–H groups in total. The van der Waals surface area contributed by atoms with Crippen LogP contribution in [0.4, 0.5) is 11.4 Å². The van der Waals surface area contributed by atoms with E-state index in [0.717, 1.165) is 0 Å². The van der Waals surface area contributed by atoms with Gasteiger partial charge in [0.2, 0.25) is 0 Å². The number of carbonyl (C=O) groups is 1. The Labute approximate surface area is 120 Å². The highest BCUT2D eigenvalue weighted by molar-refractivity contribution is 5.99. The molecule has 0 unspecified atom stereocenters. The first-order valence-electron chi connectivity index (χ1n) is 6.33. The second-order valence-electron chi connectivity index (χ2n) is 4.26. The maximum atomic E-state index is 12.1. The van der Waals surface area contributed by atoms with Crippen LogP contribution in [0, 0.1) is 10.1 Å². The summed E-state index contributed by atoms with van der Waals surface area (Å²) in [4.78, 5) is 22.5. The Balaban J connectivity index is 2.08. The molecule has 0 spiro atoms. The van der Waals surface area contributed by atoms with Crippen molar-refractivity contribution < 1.29 is 9.72 Å². The van der Waals surface area contributed by atoms with Gasteiger partial charge in [-0.2, -0.15) is 5.10 Å². The molecule has 1 heterocycles. The molecule has 21 heavy (non-hydrogen) atoms. The summed E-state index contributed by atoms with van der Waals surface area (Å²) in [6.45, 7) is 0.833. The van der Waals surface area contributed by atoms with Gasteiger partial charge in [-0.05, 0) is 18.2 Å². The van der Waals surface area contributed by atoms with E-state index in [4.69, 9.17) is 0 Å². The normalized spacial score (nSPS) is 10.1. The van der Waals surface area contributed by atoms with Gasteiger partial charge in [-0.15, -0.1) is 0 Å². The number of nitrogens with one attached hydrogen (secondary N) is 2. The fourth-order valence-electron chi connectivity index (χ4n) is 1.84. The van der Waals surface area contributed by atoms with Crippen molar-refractivity contribution in [1.29, 1.82) is 0 Å². The molecule has 0 atom stereocenters. The lowest BCUT2D eigenvalue weighted by Crippen LogP contribution is -2.28. The Hall–Kier alpha value is -2.90. The Morgan fingerprint density at radius 3 is 2.90 bits per heavy atom. The summed E-state index contributed by atoms with van der Waals surface area (Å²) in [5, 5.41) is 20.5. The van der Waals surface area contributed by atoms with E-state index in [-0.39, 0.29) is 11.3 Å². The minimum absolute atomic E-state index is 0.0346. The van der Waals surface area contributed by atoms with Crippen molar-refractivity contribution in [2.75, 3.05) is 18.9 Å². The van der Waals surface area contributed by atoms with Gasteiger partial charge in [0.05, 0.1) is 11.5 Å². The van der Waals surface area contributed by atoms with Crippen molar-refractivity contribution >= 4 is 17.3 Å². The maximum Gasteiger partial charge on any atom is 0.282 e. The highest BCUT2D eigenvalue weighted by Crippen LogP contribution is 2.22. The Kier molecular flexibility index (Phi) is 4.50. The highest BCUT2D eigenvalue weighted by Gasteiger charge is 2.20.